The Balaban J connectivity index is 2.34. The molecule has 1 heterocycles. The molecular formula is C19H28ClN2O+. The van der Waals surface area contributed by atoms with Gasteiger partial charge in [-0.2, -0.15) is 0 Å². The SMILES string of the molecule is CCCC[NH+](CCCC)Cc1c(C)[nH]c2ccc(Cl)cc2c1=O. The highest BCUT2D eigenvalue weighted by molar-refractivity contribution is 6.31. The second-order valence-electron chi connectivity index (χ2n) is 6.38. The highest BCUT2D eigenvalue weighted by atomic mass is 35.5. The van der Waals surface area contributed by atoms with Crippen LogP contribution in [0.1, 0.15) is 50.8 Å². The Labute approximate surface area is 143 Å². The van der Waals surface area contributed by atoms with Crippen LogP contribution in [0.15, 0.2) is 23.0 Å². The van der Waals surface area contributed by atoms with E-state index in [-0.39, 0.29) is 5.43 Å². The van der Waals surface area contributed by atoms with Gasteiger partial charge >= 0.3 is 0 Å². The van der Waals surface area contributed by atoms with E-state index in [9.17, 15) is 4.79 Å². The molecule has 0 fully saturated rings. The molecule has 2 N–H and O–H groups in total. The minimum atomic E-state index is 0.129. The van der Waals surface area contributed by atoms with Crippen LogP contribution in [0.25, 0.3) is 10.9 Å². The van der Waals surface area contributed by atoms with E-state index < -0.39 is 0 Å². The summed E-state index contributed by atoms with van der Waals surface area (Å²) in [5, 5.41) is 1.31. The summed E-state index contributed by atoms with van der Waals surface area (Å²) in [7, 11) is 0. The quantitative estimate of drug-likeness (QED) is 0.761. The fourth-order valence-electron chi connectivity index (χ4n) is 3.04. The van der Waals surface area contributed by atoms with Gasteiger partial charge in [-0.05, 0) is 38.0 Å². The molecule has 1 aromatic heterocycles. The van der Waals surface area contributed by atoms with E-state index in [1.165, 1.54) is 30.6 Å². The molecule has 1 aromatic carbocycles. The molecule has 4 heteroatoms. The van der Waals surface area contributed by atoms with Gasteiger partial charge in [-0.15, -0.1) is 0 Å². The molecule has 0 unspecified atom stereocenters. The maximum atomic E-state index is 12.9. The number of hydrogen-bond acceptors (Lipinski definition) is 1. The second kappa shape index (κ2) is 8.51. The van der Waals surface area contributed by atoms with Crippen molar-refractivity contribution in [2.45, 2.75) is 53.0 Å². The van der Waals surface area contributed by atoms with Crippen molar-refractivity contribution in [1.29, 1.82) is 0 Å². The van der Waals surface area contributed by atoms with Crippen molar-refractivity contribution in [3.05, 3.63) is 44.7 Å². The number of quaternary nitrogens is 1. The normalized spacial score (nSPS) is 11.5. The number of unbranched alkanes of at least 4 members (excludes halogenated alkanes) is 2. The molecule has 0 atom stereocenters. The van der Waals surface area contributed by atoms with Gasteiger partial charge in [0.2, 0.25) is 0 Å². The molecule has 2 rings (SSSR count). The molecule has 0 aliphatic rings. The zero-order valence-electron chi connectivity index (χ0n) is 14.5. The lowest BCUT2D eigenvalue weighted by Crippen LogP contribution is -3.10. The van der Waals surface area contributed by atoms with Crippen LogP contribution in [-0.4, -0.2) is 18.1 Å². The van der Waals surface area contributed by atoms with Crippen molar-refractivity contribution >= 4 is 22.5 Å². The third kappa shape index (κ3) is 4.58. The van der Waals surface area contributed by atoms with Gasteiger partial charge in [-0.3, -0.25) is 4.79 Å². The van der Waals surface area contributed by atoms with Crippen molar-refractivity contribution in [3.8, 4) is 0 Å². The van der Waals surface area contributed by atoms with Crippen LogP contribution in [0.3, 0.4) is 0 Å². The first-order valence-electron chi connectivity index (χ1n) is 8.71. The Morgan fingerprint density at radius 3 is 2.39 bits per heavy atom. The summed E-state index contributed by atoms with van der Waals surface area (Å²) in [5.74, 6) is 0. The Hall–Kier alpha value is -1.32. The molecule has 0 amide bonds. The van der Waals surface area contributed by atoms with E-state index in [1.54, 1.807) is 6.07 Å². The molecular weight excluding hydrogens is 308 g/mol. The van der Waals surface area contributed by atoms with Gasteiger partial charge in [0.25, 0.3) is 0 Å². The average Bonchev–Trinajstić information content (AvgIpc) is 2.54. The number of aryl methyl sites for hydroxylation is 1. The molecule has 0 spiro atoms. The lowest BCUT2D eigenvalue weighted by Gasteiger charge is -2.20. The molecule has 23 heavy (non-hydrogen) atoms. The van der Waals surface area contributed by atoms with Crippen molar-refractivity contribution < 1.29 is 4.90 Å². The molecule has 0 bridgehead atoms. The number of benzene rings is 1. The number of H-pyrrole nitrogens is 1. The third-order valence-electron chi connectivity index (χ3n) is 4.47. The summed E-state index contributed by atoms with van der Waals surface area (Å²) < 4.78 is 0. The highest BCUT2D eigenvalue weighted by Crippen LogP contribution is 2.16. The number of aromatic nitrogens is 1. The van der Waals surface area contributed by atoms with Crippen molar-refractivity contribution in [2.24, 2.45) is 0 Å². The molecule has 126 valence electrons. The van der Waals surface area contributed by atoms with Gasteiger partial charge < -0.3 is 9.88 Å². The van der Waals surface area contributed by atoms with Gasteiger partial charge in [0.15, 0.2) is 5.43 Å². The van der Waals surface area contributed by atoms with E-state index in [0.717, 1.165) is 36.4 Å². The number of halogens is 1. The summed E-state index contributed by atoms with van der Waals surface area (Å²) in [6.07, 6.45) is 4.79. The number of hydrogen-bond donors (Lipinski definition) is 2. The second-order valence-corrected chi connectivity index (χ2v) is 6.82. The first kappa shape index (κ1) is 18.0. The van der Waals surface area contributed by atoms with Crippen molar-refractivity contribution in [3.63, 3.8) is 0 Å². The van der Waals surface area contributed by atoms with E-state index in [2.05, 4.69) is 18.8 Å². The Morgan fingerprint density at radius 1 is 1.13 bits per heavy atom. The number of nitrogens with one attached hydrogen (secondary N) is 2. The van der Waals surface area contributed by atoms with Gasteiger partial charge in [0.1, 0.15) is 6.54 Å². The average molecular weight is 336 g/mol. The lowest BCUT2D eigenvalue weighted by atomic mass is 10.1. The van der Waals surface area contributed by atoms with Gasteiger partial charge in [-0.1, -0.05) is 38.3 Å². The van der Waals surface area contributed by atoms with Crippen LogP contribution < -0.4 is 10.3 Å². The fourth-order valence-corrected chi connectivity index (χ4v) is 3.21. The predicted molar refractivity (Wildman–Crippen MR) is 98.5 cm³/mol. The minimum Gasteiger partial charge on any atom is -0.358 e. The topological polar surface area (TPSA) is 37.3 Å². The lowest BCUT2D eigenvalue weighted by molar-refractivity contribution is -0.914. The summed E-state index contributed by atoms with van der Waals surface area (Å²) in [6.45, 7) is 9.48. The zero-order chi connectivity index (χ0) is 16.8. The maximum Gasteiger partial charge on any atom is 0.198 e. The fraction of sp³-hybridized carbons (Fsp3) is 0.526. The van der Waals surface area contributed by atoms with Gasteiger partial charge in [0, 0.05) is 21.6 Å². The smallest absolute Gasteiger partial charge is 0.198 e. The Bertz CT molecular complexity index is 700. The summed E-state index contributed by atoms with van der Waals surface area (Å²) in [5.41, 5.74) is 2.88. The van der Waals surface area contributed by atoms with Crippen LogP contribution in [0.5, 0.6) is 0 Å². The Morgan fingerprint density at radius 2 is 1.78 bits per heavy atom. The van der Waals surface area contributed by atoms with Crippen LogP contribution in [0, 0.1) is 6.92 Å². The van der Waals surface area contributed by atoms with Crippen molar-refractivity contribution in [2.75, 3.05) is 13.1 Å². The first-order chi connectivity index (χ1) is 11.1. The molecule has 2 aromatic rings. The van der Waals surface area contributed by atoms with Gasteiger partial charge in [0.05, 0.1) is 18.7 Å². The molecule has 3 nitrogen and oxygen atoms in total. The molecule has 0 saturated carbocycles. The molecule has 0 radical (unpaired) electrons. The predicted octanol–water partition coefficient (Wildman–Crippen LogP) is 3.48. The summed E-state index contributed by atoms with van der Waals surface area (Å²) >= 11 is 6.07. The third-order valence-corrected chi connectivity index (χ3v) is 4.70. The largest absolute Gasteiger partial charge is 0.358 e. The molecule has 0 saturated heterocycles. The van der Waals surface area contributed by atoms with E-state index in [1.807, 2.05) is 19.1 Å². The molecule has 0 aliphatic carbocycles. The first-order valence-corrected chi connectivity index (χ1v) is 9.09. The van der Waals surface area contributed by atoms with E-state index >= 15 is 0 Å². The highest BCUT2D eigenvalue weighted by Gasteiger charge is 2.16. The maximum absolute atomic E-state index is 12.9. The van der Waals surface area contributed by atoms with Crippen LogP contribution >= 0.6 is 11.6 Å². The van der Waals surface area contributed by atoms with Crippen molar-refractivity contribution in [1.82, 2.24) is 4.98 Å². The number of rotatable bonds is 8. The Kier molecular flexibility index (Phi) is 6.67. The van der Waals surface area contributed by atoms with E-state index in [4.69, 9.17) is 11.6 Å². The minimum absolute atomic E-state index is 0.129. The summed E-state index contributed by atoms with van der Waals surface area (Å²) in [4.78, 5) is 17.8. The number of pyridine rings is 1. The number of aromatic amines is 1. The van der Waals surface area contributed by atoms with E-state index in [0.29, 0.717) is 10.4 Å². The molecule has 0 aliphatic heterocycles. The zero-order valence-corrected chi connectivity index (χ0v) is 15.2. The van der Waals surface area contributed by atoms with Crippen LogP contribution in [-0.2, 0) is 6.54 Å². The standard InChI is InChI=1S/C19H27ClN2O/c1-4-6-10-22(11-7-5-2)13-17-14(3)21-18-9-8-15(20)12-16(18)19(17)23/h8-9,12H,4-7,10-11,13H2,1-3H3,(H,21,23)/p+1. The van der Waals surface area contributed by atoms with Crippen LogP contribution in [0.4, 0.5) is 0 Å². The number of fused-ring (bicyclic) bond motifs is 1. The van der Waals surface area contributed by atoms with Gasteiger partial charge in [-0.25, -0.2) is 0 Å². The summed E-state index contributed by atoms with van der Waals surface area (Å²) in [6, 6.07) is 5.48. The monoisotopic (exact) mass is 335 g/mol. The van der Waals surface area contributed by atoms with Crippen LogP contribution in [0.2, 0.25) is 5.02 Å².